The molecule has 1 aromatic heterocycles. The van der Waals surface area contributed by atoms with Gasteiger partial charge >= 0.3 is 6.09 Å². The lowest BCUT2D eigenvalue weighted by molar-refractivity contribution is -0.0205. The third-order valence-corrected chi connectivity index (χ3v) is 3.22. The number of hydrogen-bond donors (Lipinski definition) is 1. The SMILES string of the molecule is C[C@@H](CCCC(F)(F)c1cc(Cl)ccn1)NC(=O)OC(C)(C)C. The highest BCUT2D eigenvalue weighted by Crippen LogP contribution is 2.33. The number of halogens is 3. The number of carbonyl (C=O) groups excluding carboxylic acids is 1. The van der Waals surface area contributed by atoms with Crippen LogP contribution < -0.4 is 5.32 Å². The highest BCUT2D eigenvalue weighted by Gasteiger charge is 2.32. The molecule has 0 unspecified atom stereocenters. The molecule has 1 atom stereocenters. The largest absolute Gasteiger partial charge is 0.444 e. The topological polar surface area (TPSA) is 51.2 Å². The van der Waals surface area contributed by atoms with Crippen LogP contribution in [0.15, 0.2) is 18.3 Å². The average Bonchev–Trinajstić information content (AvgIpc) is 2.35. The summed E-state index contributed by atoms with van der Waals surface area (Å²) >= 11 is 5.71. The maximum Gasteiger partial charge on any atom is 0.407 e. The van der Waals surface area contributed by atoms with Crippen LogP contribution in [0, 0.1) is 0 Å². The van der Waals surface area contributed by atoms with Crippen LogP contribution in [0.4, 0.5) is 13.6 Å². The van der Waals surface area contributed by atoms with Gasteiger partial charge in [0.25, 0.3) is 5.92 Å². The Balaban J connectivity index is 2.42. The zero-order valence-corrected chi connectivity index (χ0v) is 14.6. The number of nitrogens with one attached hydrogen (secondary N) is 1. The van der Waals surface area contributed by atoms with Crippen LogP contribution in [-0.4, -0.2) is 22.7 Å². The maximum atomic E-state index is 14.0. The standard InChI is InChI=1S/C16H23ClF2N2O2/c1-11(21-14(22)23-15(2,3)4)6-5-8-16(18,19)13-10-12(17)7-9-20-13/h7,9-11H,5-6,8H2,1-4H3,(H,21,22)/t11-/m0/s1. The molecule has 0 aliphatic heterocycles. The van der Waals surface area contributed by atoms with Crippen LogP contribution in [0.5, 0.6) is 0 Å². The molecular formula is C16H23ClF2N2O2. The van der Waals surface area contributed by atoms with Crippen molar-refractivity contribution in [3.63, 3.8) is 0 Å². The van der Waals surface area contributed by atoms with E-state index in [0.29, 0.717) is 6.42 Å². The van der Waals surface area contributed by atoms with Crippen molar-refractivity contribution in [1.82, 2.24) is 10.3 Å². The first-order valence-electron chi connectivity index (χ1n) is 7.49. The number of carbonyl (C=O) groups is 1. The number of alkyl halides is 2. The molecule has 1 aromatic rings. The minimum Gasteiger partial charge on any atom is -0.444 e. The Morgan fingerprint density at radius 2 is 2.09 bits per heavy atom. The van der Waals surface area contributed by atoms with Gasteiger partial charge in [0.1, 0.15) is 11.3 Å². The van der Waals surface area contributed by atoms with E-state index in [1.54, 1.807) is 27.7 Å². The van der Waals surface area contributed by atoms with E-state index in [0.717, 1.165) is 0 Å². The molecule has 7 heteroatoms. The summed E-state index contributed by atoms with van der Waals surface area (Å²) in [6.07, 6.45) is 1.00. The number of hydrogen-bond acceptors (Lipinski definition) is 3. The van der Waals surface area contributed by atoms with Crippen molar-refractivity contribution in [3.8, 4) is 0 Å². The summed E-state index contributed by atoms with van der Waals surface area (Å²) in [7, 11) is 0. The van der Waals surface area contributed by atoms with Crippen molar-refractivity contribution in [1.29, 1.82) is 0 Å². The van der Waals surface area contributed by atoms with E-state index >= 15 is 0 Å². The summed E-state index contributed by atoms with van der Waals surface area (Å²) < 4.78 is 33.2. The summed E-state index contributed by atoms with van der Waals surface area (Å²) in [5.74, 6) is -3.05. The number of rotatable bonds is 6. The Morgan fingerprint density at radius 1 is 1.43 bits per heavy atom. The molecule has 0 aliphatic rings. The van der Waals surface area contributed by atoms with Crippen LogP contribution >= 0.6 is 11.6 Å². The summed E-state index contributed by atoms with van der Waals surface area (Å²) in [4.78, 5) is 15.3. The second kappa shape index (κ2) is 7.90. The molecule has 1 rings (SSSR count). The molecule has 1 N–H and O–H groups in total. The van der Waals surface area contributed by atoms with E-state index < -0.39 is 17.6 Å². The van der Waals surface area contributed by atoms with E-state index in [9.17, 15) is 13.6 Å². The molecule has 0 radical (unpaired) electrons. The molecule has 0 bridgehead atoms. The Morgan fingerprint density at radius 3 is 2.65 bits per heavy atom. The Hall–Kier alpha value is -1.43. The number of pyridine rings is 1. The minimum absolute atomic E-state index is 0.231. The van der Waals surface area contributed by atoms with Gasteiger partial charge in [-0.1, -0.05) is 11.6 Å². The minimum atomic E-state index is -3.05. The molecule has 0 saturated heterocycles. The quantitative estimate of drug-likeness (QED) is 0.794. The Kier molecular flexibility index (Phi) is 6.74. The van der Waals surface area contributed by atoms with E-state index in [1.807, 2.05) is 0 Å². The second-order valence-electron chi connectivity index (χ2n) is 6.50. The van der Waals surface area contributed by atoms with Gasteiger partial charge in [-0.05, 0) is 52.7 Å². The highest BCUT2D eigenvalue weighted by atomic mass is 35.5. The van der Waals surface area contributed by atoms with Crippen molar-refractivity contribution >= 4 is 17.7 Å². The number of nitrogens with zero attached hydrogens (tertiary/aromatic N) is 1. The van der Waals surface area contributed by atoms with Crippen LogP contribution in [-0.2, 0) is 10.7 Å². The lowest BCUT2D eigenvalue weighted by Crippen LogP contribution is -2.37. The molecule has 23 heavy (non-hydrogen) atoms. The third-order valence-electron chi connectivity index (χ3n) is 2.99. The van der Waals surface area contributed by atoms with Gasteiger partial charge in [-0.15, -0.1) is 0 Å². The molecule has 4 nitrogen and oxygen atoms in total. The lowest BCUT2D eigenvalue weighted by Gasteiger charge is -2.22. The average molecular weight is 349 g/mol. The molecular weight excluding hydrogens is 326 g/mol. The fraction of sp³-hybridized carbons (Fsp3) is 0.625. The van der Waals surface area contributed by atoms with Gasteiger partial charge in [0.2, 0.25) is 0 Å². The summed E-state index contributed by atoms with van der Waals surface area (Å²) in [6.45, 7) is 7.03. The smallest absolute Gasteiger partial charge is 0.407 e. The first kappa shape index (κ1) is 19.6. The van der Waals surface area contributed by atoms with E-state index in [1.165, 1.54) is 18.3 Å². The predicted molar refractivity (Wildman–Crippen MR) is 85.8 cm³/mol. The van der Waals surface area contributed by atoms with Gasteiger partial charge in [-0.25, -0.2) is 4.79 Å². The highest BCUT2D eigenvalue weighted by molar-refractivity contribution is 6.30. The van der Waals surface area contributed by atoms with E-state index in [2.05, 4.69) is 10.3 Å². The van der Waals surface area contributed by atoms with Crippen molar-refractivity contribution in [2.75, 3.05) is 0 Å². The van der Waals surface area contributed by atoms with Crippen molar-refractivity contribution in [3.05, 3.63) is 29.0 Å². The van der Waals surface area contributed by atoms with Gasteiger partial charge in [0, 0.05) is 23.7 Å². The lowest BCUT2D eigenvalue weighted by atomic mass is 10.0. The fourth-order valence-electron chi connectivity index (χ4n) is 1.94. The van der Waals surface area contributed by atoms with E-state index in [-0.39, 0.29) is 29.6 Å². The third kappa shape index (κ3) is 7.59. The second-order valence-corrected chi connectivity index (χ2v) is 6.94. The zero-order chi connectivity index (χ0) is 17.7. The first-order chi connectivity index (χ1) is 10.5. The molecule has 0 aliphatic carbocycles. The normalized spacial score (nSPS) is 13.5. The van der Waals surface area contributed by atoms with Crippen molar-refractivity contribution in [2.24, 2.45) is 0 Å². The monoisotopic (exact) mass is 348 g/mol. The van der Waals surface area contributed by atoms with Crippen molar-refractivity contribution in [2.45, 2.75) is 64.5 Å². The summed E-state index contributed by atoms with van der Waals surface area (Å²) in [5, 5.41) is 2.86. The molecule has 1 heterocycles. The van der Waals surface area contributed by atoms with Gasteiger partial charge in [0.05, 0.1) is 0 Å². The maximum absolute atomic E-state index is 14.0. The summed E-state index contributed by atoms with van der Waals surface area (Å²) in [5.41, 5.74) is -0.924. The molecule has 0 saturated carbocycles. The van der Waals surface area contributed by atoms with E-state index in [4.69, 9.17) is 16.3 Å². The van der Waals surface area contributed by atoms with Crippen molar-refractivity contribution < 1.29 is 18.3 Å². The number of aromatic nitrogens is 1. The van der Waals surface area contributed by atoms with Crippen LogP contribution in [0.25, 0.3) is 0 Å². The van der Waals surface area contributed by atoms with Crippen LogP contribution in [0.2, 0.25) is 5.02 Å². The zero-order valence-electron chi connectivity index (χ0n) is 13.8. The Labute approximate surface area is 140 Å². The van der Waals surface area contributed by atoms with Gasteiger partial charge in [-0.3, -0.25) is 4.98 Å². The molecule has 0 spiro atoms. The van der Waals surface area contributed by atoms with Gasteiger partial charge in [0.15, 0.2) is 0 Å². The molecule has 0 fully saturated rings. The molecule has 1 amide bonds. The van der Waals surface area contributed by atoms with Gasteiger partial charge < -0.3 is 10.1 Å². The number of alkyl carbamates (subject to hydrolysis) is 1. The van der Waals surface area contributed by atoms with Gasteiger partial charge in [-0.2, -0.15) is 8.78 Å². The Bertz CT molecular complexity index is 533. The predicted octanol–water partition coefficient (Wildman–Crippen LogP) is 4.91. The van der Waals surface area contributed by atoms with Crippen LogP contribution in [0.3, 0.4) is 0 Å². The fourth-order valence-corrected chi connectivity index (χ4v) is 2.10. The molecule has 0 aromatic carbocycles. The molecule has 130 valence electrons. The number of amides is 1. The summed E-state index contributed by atoms with van der Waals surface area (Å²) in [6, 6.07) is 2.37. The van der Waals surface area contributed by atoms with Crippen LogP contribution in [0.1, 0.15) is 52.7 Å². The number of ether oxygens (including phenoxy) is 1. The first-order valence-corrected chi connectivity index (χ1v) is 7.87.